The predicted molar refractivity (Wildman–Crippen MR) is 101 cm³/mol. The number of anilines is 1. The number of rotatable bonds is 5. The average molecular weight is 365 g/mol. The van der Waals surface area contributed by atoms with Crippen LogP contribution < -0.4 is 9.64 Å². The van der Waals surface area contributed by atoms with E-state index in [1.807, 2.05) is 53.2 Å². The van der Waals surface area contributed by atoms with Crippen molar-refractivity contribution >= 4 is 24.3 Å². The number of piperazine rings is 1. The van der Waals surface area contributed by atoms with Gasteiger partial charge in [0.15, 0.2) is 0 Å². The molecule has 6 nitrogen and oxygen atoms in total. The first-order valence-electron chi connectivity index (χ1n) is 8.30. The van der Waals surface area contributed by atoms with Gasteiger partial charge >= 0.3 is 0 Å². The Balaban J connectivity index is 0.00000225. The van der Waals surface area contributed by atoms with E-state index >= 15 is 0 Å². The molecule has 1 aromatic heterocycles. The summed E-state index contributed by atoms with van der Waals surface area (Å²) in [7, 11) is 3.65. The standard InChI is InChI=1S/C18H24N4O2.ClH/c1-20-10-9-19-18(20)22-13-11-21(12-14-22)17(23)8-5-15-3-6-16(24-2)7-4-15;/h3-4,6-7,9-10H,5,8,11-14H2,1-2H3;1H. The van der Waals surface area contributed by atoms with Crippen molar-refractivity contribution in [2.45, 2.75) is 12.8 Å². The SMILES string of the molecule is COc1ccc(CCC(=O)N2CCN(c3nccn3C)CC2)cc1.Cl. The van der Waals surface area contributed by atoms with Crippen molar-refractivity contribution < 1.29 is 9.53 Å². The molecule has 0 N–H and O–H groups in total. The molecule has 3 rings (SSSR count). The number of imidazole rings is 1. The minimum absolute atomic E-state index is 0. The van der Waals surface area contributed by atoms with E-state index in [4.69, 9.17) is 4.74 Å². The van der Waals surface area contributed by atoms with Gasteiger partial charge in [0.25, 0.3) is 0 Å². The highest BCUT2D eigenvalue weighted by Crippen LogP contribution is 2.15. The smallest absolute Gasteiger partial charge is 0.223 e. The molecule has 25 heavy (non-hydrogen) atoms. The van der Waals surface area contributed by atoms with Gasteiger partial charge in [0.1, 0.15) is 5.75 Å². The lowest BCUT2D eigenvalue weighted by Gasteiger charge is -2.35. The summed E-state index contributed by atoms with van der Waals surface area (Å²) in [6.07, 6.45) is 5.07. The van der Waals surface area contributed by atoms with Crippen molar-refractivity contribution in [2.24, 2.45) is 7.05 Å². The highest BCUT2D eigenvalue weighted by molar-refractivity contribution is 5.85. The number of aromatic nitrogens is 2. The molecule has 2 heterocycles. The number of methoxy groups -OCH3 is 1. The fourth-order valence-electron chi connectivity index (χ4n) is 3.02. The molecule has 2 aromatic rings. The van der Waals surface area contributed by atoms with Crippen LogP contribution in [0, 0.1) is 0 Å². The van der Waals surface area contributed by atoms with Crippen LogP contribution >= 0.6 is 12.4 Å². The van der Waals surface area contributed by atoms with Gasteiger partial charge in [-0.2, -0.15) is 0 Å². The van der Waals surface area contributed by atoms with E-state index in [9.17, 15) is 4.79 Å². The molecule has 1 fully saturated rings. The maximum Gasteiger partial charge on any atom is 0.223 e. The van der Waals surface area contributed by atoms with E-state index in [1.54, 1.807) is 7.11 Å². The Morgan fingerprint density at radius 1 is 1.16 bits per heavy atom. The van der Waals surface area contributed by atoms with E-state index in [1.165, 1.54) is 0 Å². The normalized spacial score (nSPS) is 14.2. The van der Waals surface area contributed by atoms with Crippen molar-refractivity contribution in [2.75, 3.05) is 38.2 Å². The van der Waals surface area contributed by atoms with Gasteiger partial charge < -0.3 is 19.1 Å². The van der Waals surface area contributed by atoms with Gasteiger partial charge in [0, 0.05) is 52.0 Å². The molecule has 1 aromatic carbocycles. The number of ether oxygens (including phenoxy) is 1. The van der Waals surface area contributed by atoms with Crippen molar-refractivity contribution in [3.8, 4) is 5.75 Å². The molecular formula is C18H25ClN4O2. The first-order valence-corrected chi connectivity index (χ1v) is 8.30. The average Bonchev–Trinajstić information content (AvgIpc) is 3.06. The molecule has 0 unspecified atom stereocenters. The third-order valence-corrected chi connectivity index (χ3v) is 4.50. The monoisotopic (exact) mass is 364 g/mol. The Bertz CT molecular complexity index is 679. The van der Waals surface area contributed by atoms with Gasteiger partial charge in [0.05, 0.1) is 7.11 Å². The molecule has 0 aliphatic carbocycles. The van der Waals surface area contributed by atoms with Gasteiger partial charge in [-0.25, -0.2) is 4.98 Å². The van der Waals surface area contributed by atoms with Crippen LogP contribution in [-0.2, 0) is 18.3 Å². The number of hydrogen-bond donors (Lipinski definition) is 0. The minimum atomic E-state index is 0. The molecule has 0 bridgehead atoms. The minimum Gasteiger partial charge on any atom is -0.497 e. The highest BCUT2D eigenvalue weighted by Gasteiger charge is 2.22. The highest BCUT2D eigenvalue weighted by atomic mass is 35.5. The van der Waals surface area contributed by atoms with Crippen molar-refractivity contribution in [3.05, 3.63) is 42.2 Å². The summed E-state index contributed by atoms with van der Waals surface area (Å²) in [5.74, 6) is 2.04. The molecule has 1 amide bonds. The Labute approximate surface area is 154 Å². The first-order chi connectivity index (χ1) is 11.7. The predicted octanol–water partition coefficient (Wildman–Crippen LogP) is 2.13. The van der Waals surface area contributed by atoms with Crippen LogP contribution in [0.2, 0.25) is 0 Å². The van der Waals surface area contributed by atoms with E-state index in [0.29, 0.717) is 6.42 Å². The van der Waals surface area contributed by atoms with Crippen LogP contribution in [0.1, 0.15) is 12.0 Å². The fourth-order valence-corrected chi connectivity index (χ4v) is 3.02. The van der Waals surface area contributed by atoms with Crippen LogP contribution in [0.25, 0.3) is 0 Å². The zero-order valence-corrected chi connectivity index (χ0v) is 15.5. The van der Waals surface area contributed by atoms with Crippen LogP contribution in [0.4, 0.5) is 5.95 Å². The van der Waals surface area contributed by atoms with Crippen LogP contribution in [-0.4, -0.2) is 53.6 Å². The summed E-state index contributed by atoms with van der Waals surface area (Å²) >= 11 is 0. The lowest BCUT2D eigenvalue weighted by Crippen LogP contribution is -2.49. The molecule has 136 valence electrons. The van der Waals surface area contributed by atoms with Crippen LogP contribution in [0.3, 0.4) is 0 Å². The Kier molecular flexibility index (Phi) is 6.70. The summed E-state index contributed by atoms with van der Waals surface area (Å²) in [5, 5.41) is 0. The lowest BCUT2D eigenvalue weighted by molar-refractivity contribution is -0.131. The maximum absolute atomic E-state index is 12.4. The summed E-state index contributed by atoms with van der Waals surface area (Å²) in [4.78, 5) is 21.0. The Morgan fingerprint density at radius 3 is 2.40 bits per heavy atom. The number of carbonyl (C=O) groups excluding carboxylic acids is 1. The third kappa shape index (κ3) is 4.66. The summed E-state index contributed by atoms with van der Waals surface area (Å²) in [5.41, 5.74) is 1.16. The molecule has 7 heteroatoms. The van der Waals surface area contributed by atoms with Crippen molar-refractivity contribution in [1.82, 2.24) is 14.5 Å². The molecule has 1 aliphatic rings. The Hall–Kier alpha value is -2.21. The molecule has 0 spiro atoms. The molecule has 0 saturated carbocycles. The second kappa shape index (κ2) is 8.76. The number of benzene rings is 1. The van der Waals surface area contributed by atoms with E-state index in [0.717, 1.165) is 49.9 Å². The van der Waals surface area contributed by atoms with E-state index < -0.39 is 0 Å². The van der Waals surface area contributed by atoms with Crippen molar-refractivity contribution in [3.63, 3.8) is 0 Å². The van der Waals surface area contributed by atoms with Crippen LogP contribution in [0.5, 0.6) is 5.75 Å². The number of nitrogens with zero attached hydrogens (tertiary/aromatic N) is 4. The van der Waals surface area contributed by atoms with E-state index in [2.05, 4.69) is 9.88 Å². The Morgan fingerprint density at radius 2 is 1.84 bits per heavy atom. The second-order valence-electron chi connectivity index (χ2n) is 6.05. The quantitative estimate of drug-likeness (QED) is 0.815. The summed E-state index contributed by atoms with van der Waals surface area (Å²) < 4.78 is 7.17. The number of aryl methyl sites for hydroxylation is 2. The number of halogens is 1. The lowest BCUT2D eigenvalue weighted by atomic mass is 10.1. The second-order valence-corrected chi connectivity index (χ2v) is 6.05. The van der Waals surface area contributed by atoms with Gasteiger partial charge in [-0.05, 0) is 24.1 Å². The topological polar surface area (TPSA) is 50.6 Å². The van der Waals surface area contributed by atoms with E-state index in [-0.39, 0.29) is 18.3 Å². The third-order valence-electron chi connectivity index (χ3n) is 4.50. The van der Waals surface area contributed by atoms with Gasteiger partial charge in [-0.1, -0.05) is 12.1 Å². The molecule has 0 atom stereocenters. The van der Waals surface area contributed by atoms with Gasteiger partial charge in [-0.3, -0.25) is 4.79 Å². The zero-order chi connectivity index (χ0) is 16.9. The first kappa shape index (κ1) is 19.1. The van der Waals surface area contributed by atoms with Crippen molar-refractivity contribution in [1.29, 1.82) is 0 Å². The van der Waals surface area contributed by atoms with Crippen LogP contribution in [0.15, 0.2) is 36.7 Å². The summed E-state index contributed by atoms with van der Waals surface area (Å²) in [6.45, 7) is 3.18. The molecule has 1 aliphatic heterocycles. The molecule has 0 radical (unpaired) electrons. The fraction of sp³-hybridized carbons (Fsp3) is 0.444. The largest absolute Gasteiger partial charge is 0.497 e. The zero-order valence-electron chi connectivity index (χ0n) is 14.7. The number of carbonyl (C=O) groups is 1. The number of hydrogen-bond acceptors (Lipinski definition) is 4. The van der Waals surface area contributed by atoms with Gasteiger partial charge in [-0.15, -0.1) is 12.4 Å². The van der Waals surface area contributed by atoms with Gasteiger partial charge in [0.2, 0.25) is 11.9 Å². The molecular weight excluding hydrogens is 340 g/mol. The maximum atomic E-state index is 12.4. The summed E-state index contributed by atoms with van der Waals surface area (Å²) in [6, 6.07) is 7.91. The molecule has 1 saturated heterocycles. The number of amides is 1.